The molecule has 1 N–H and O–H groups in total. The third kappa shape index (κ3) is 3.86. The molecule has 4 rings (SSSR count). The molecule has 28 heavy (non-hydrogen) atoms. The first kappa shape index (κ1) is 18.1. The number of nitrogens with one attached hydrogen (secondary N) is 1. The topological polar surface area (TPSA) is 71.5 Å². The predicted molar refractivity (Wildman–Crippen MR) is 105 cm³/mol. The lowest BCUT2D eigenvalue weighted by molar-refractivity contribution is -0.121. The second-order valence-electron chi connectivity index (χ2n) is 6.14. The van der Waals surface area contributed by atoms with Gasteiger partial charge in [0.05, 0.1) is 11.4 Å². The van der Waals surface area contributed by atoms with Gasteiger partial charge >= 0.3 is 0 Å². The Kier molecular flexibility index (Phi) is 5.03. The maximum atomic E-state index is 13.0. The molecule has 6 nitrogen and oxygen atoms in total. The van der Waals surface area contributed by atoms with Gasteiger partial charge in [0, 0.05) is 23.9 Å². The van der Waals surface area contributed by atoms with Crippen LogP contribution in [0.15, 0.2) is 53.9 Å². The van der Waals surface area contributed by atoms with Gasteiger partial charge in [-0.05, 0) is 36.4 Å². The van der Waals surface area contributed by atoms with Crippen molar-refractivity contribution in [1.29, 1.82) is 0 Å². The van der Waals surface area contributed by atoms with Crippen molar-refractivity contribution in [2.45, 2.75) is 6.42 Å². The first-order chi connectivity index (χ1) is 13.6. The van der Waals surface area contributed by atoms with Crippen LogP contribution in [0.3, 0.4) is 0 Å². The molecule has 0 radical (unpaired) electrons. The Morgan fingerprint density at radius 2 is 2.00 bits per heavy atom. The predicted octanol–water partition coefficient (Wildman–Crippen LogP) is 3.70. The summed E-state index contributed by atoms with van der Waals surface area (Å²) in [7, 11) is 0. The average molecular weight is 397 g/mol. The number of ether oxygens (including phenoxy) is 1. The first-order valence-electron chi connectivity index (χ1n) is 8.64. The molecule has 2 aromatic carbocycles. The molecule has 1 aromatic heterocycles. The molecule has 0 fully saturated rings. The number of amides is 2. The molecule has 0 unspecified atom stereocenters. The number of thiazole rings is 1. The average Bonchev–Trinajstić information content (AvgIpc) is 3.16. The van der Waals surface area contributed by atoms with E-state index in [4.69, 9.17) is 4.74 Å². The van der Waals surface area contributed by atoms with Gasteiger partial charge < -0.3 is 15.0 Å². The van der Waals surface area contributed by atoms with Gasteiger partial charge in [0.1, 0.15) is 11.6 Å². The quantitative estimate of drug-likeness (QED) is 0.713. The zero-order valence-corrected chi connectivity index (χ0v) is 15.5. The Morgan fingerprint density at radius 1 is 1.21 bits per heavy atom. The summed E-state index contributed by atoms with van der Waals surface area (Å²) in [6.07, 6.45) is 0.130. The van der Waals surface area contributed by atoms with E-state index in [0.717, 1.165) is 5.56 Å². The zero-order valence-electron chi connectivity index (χ0n) is 14.7. The molecule has 2 heterocycles. The van der Waals surface area contributed by atoms with E-state index in [-0.39, 0.29) is 37.2 Å². The number of hydrogen-bond acceptors (Lipinski definition) is 5. The monoisotopic (exact) mass is 397 g/mol. The van der Waals surface area contributed by atoms with Crippen LogP contribution in [0.25, 0.3) is 11.3 Å². The van der Waals surface area contributed by atoms with Gasteiger partial charge in [0.25, 0.3) is 5.91 Å². The van der Waals surface area contributed by atoms with E-state index in [1.165, 1.54) is 23.5 Å². The van der Waals surface area contributed by atoms with Gasteiger partial charge in [0.15, 0.2) is 11.7 Å². The van der Waals surface area contributed by atoms with Gasteiger partial charge in [-0.1, -0.05) is 12.1 Å². The van der Waals surface area contributed by atoms with Crippen LogP contribution in [0.1, 0.15) is 6.42 Å². The number of carbonyl (C=O) groups is 2. The molecule has 8 heteroatoms. The van der Waals surface area contributed by atoms with E-state index in [0.29, 0.717) is 22.3 Å². The highest BCUT2D eigenvalue weighted by molar-refractivity contribution is 7.14. The summed E-state index contributed by atoms with van der Waals surface area (Å²) >= 11 is 1.29. The lowest BCUT2D eigenvalue weighted by atomic mass is 10.2. The minimum absolute atomic E-state index is 0.0356. The van der Waals surface area contributed by atoms with Crippen molar-refractivity contribution >= 4 is 34.0 Å². The standard InChI is InChI=1S/C20H16FN3O3S/c21-14-7-5-13(6-8-14)15-12-28-20(22-15)23-18(25)9-10-24-16-3-1-2-4-17(16)27-11-19(24)26/h1-8,12H,9-11H2,(H,22,23,25). The molecule has 1 aliphatic rings. The van der Waals surface area contributed by atoms with Crippen LogP contribution in [0.5, 0.6) is 5.75 Å². The van der Waals surface area contributed by atoms with E-state index in [2.05, 4.69) is 10.3 Å². The third-order valence-electron chi connectivity index (χ3n) is 4.26. The second-order valence-corrected chi connectivity index (χ2v) is 7.00. The molecule has 0 bridgehead atoms. The molecule has 0 saturated heterocycles. The fourth-order valence-corrected chi connectivity index (χ4v) is 3.61. The molecule has 3 aromatic rings. The van der Waals surface area contributed by atoms with Crippen molar-refractivity contribution in [3.8, 4) is 17.0 Å². The fourth-order valence-electron chi connectivity index (χ4n) is 2.88. The molecule has 0 saturated carbocycles. The fraction of sp³-hybridized carbons (Fsp3) is 0.150. The van der Waals surface area contributed by atoms with Gasteiger partial charge in [0.2, 0.25) is 5.91 Å². The van der Waals surface area contributed by atoms with Crippen molar-refractivity contribution < 1.29 is 18.7 Å². The Hall–Kier alpha value is -3.26. The Balaban J connectivity index is 1.38. The summed E-state index contributed by atoms with van der Waals surface area (Å²) in [6.45, 7) is 0.216. The number of halogens is 1. The summed E-state index contributed by atoms with van der Waals surface area (Å²) in [5.41, 5.74) is 2.10. The summed E-state index contributed by atoms with van der Waals surface area (Å²) in [6, 6.07) is 13.2. The van der Waals surface area contributed by atoms with Crippen molar-refractivity contribution in [3.63, 3.8) is 0 Å². The second kappa shape index (κ2) is 7.77. The normalized spacial score (nSPS) is 13.0. The minimum Gasteiger partial charge on any atom is -0.482 e. The molecule has 0 atom stereocenters. The van der Waals surface area contributed by atoms with Crippen LogP contribution in [-0.2, 0) is 9.59 Å². The SMILES string of the molecule is O=C(CCN1C(=O)COc2ccccc21)Nc1nc(-c2ccc(F)cc2)cs1. The number of fused-ring (bicyclic) bond motifs is 1. The lowest BCUT2D eigenvalue weighted by Crippen LogP contribution is -2.40. The van der Waals surface area contributed by atoms with E-state index in [9.17, 15) is 14.0 Å². The van der Waals surface area contributed by atoms with Gasteiger partial charge in [-0.15, -0.1) is 11.3 Å². The van der Waals surface area contributed by atoms with Crippen LogP contribution in [-0.4, -0.2) is 29.9 Å². The molecule has 1 aliphatic heterocycles. The summed E-state index contributed by atoms with van der Waals surface area (Å²) in [5, 5.41) is 5.00. The maximum absolute atomic E-state index is 13.0. The van der Waals surface area contributed by atoms with E-state index in [1.54, 1.807) is 34.5 Å². The number of hydrogen-bond donors (Lipinski definition) is 1. The number of carbonyl (C=O) groups excluding carboxylic acids is 2. The summed E-state index contributed by atoms with van der Waals surface area (Å²) in [5.74, 6) is -0.103. The van der Waals surface area contributed by atoms with E-state index < -0.39 is 0 Å². The zero-order chi connectivity index (χ0) is 19.5. The number of aromatic nitrogens is 1. The lowest BCUT2D eigenvalue weighted by Gasteiger charge is -2.29. The van der Waals surface area contributed by atoms with Crippen LogP contribution >= 0.6 is 11.3 Å². The molecule has 0 spiro atoms. The van der Waals surface area contributed by atoms with E-state index >= 15 is 0 Å². The Morgan fingerprint density at radius 3 is 2.82 bits per heavy atom. The van der Waals surface area contributed by atoms with Crippen molar-refractivity contribution in [2.75, 3.05) is 23.4 Å². The van der Waals surface area contributed by atoms with Crippen molar-refractivity contribution in [3.05, 3.63) is 59.7 Å². The molecular formula is C20H16FN3O3S. The Labute approximate surface area is 164 Å². The molecule has 142 valence electrons. The smallest absolute Gasteiger partial charge is 0.265 e. The number of rotatable bonds is 5. The van der Waals surface area contributed by atoms with Crippen molar-refractivity contribution in [2.24, 2.45) is 0 Å². The van der Waals surface area contributed by atoms with E-state index in [1.807, 2.05) is 12.1 Å². The van der Waals surface area contributed by atoms with Crippen molar-refractivity contribution in [1.82, 2.24) is 4.98 Å². The highest BCUT2D eigenvalue weighted by atomic mass is 32.1. The number of anilines is 2. The largest absolute Gasteiger partial charge is 0.482 e. The third-order valence-corrected chi connectivity index (χ3v) is 5.02. The van der Waals surface area contributed by atoms with Crippen LogP contribution in [0.2, 0.25) is 0 Å². The molecular weight excluding hydrogens is 381 g/mol. The van der Waals surface area contributed by atoms with Crippen LogP contribution < -0.4 is 15.0 Å². The van der Waals surface area contributed by atoms with Crippen LogP contribution in [0, 0.1) is 5.82 Å². The van der Waals surface area contributed by atoms with Gasteiger partial charge in [-0.2, -0.15) is 0 Å². The van der Waals surface area contributed by atoms with Gasteiger partial charge in [-0.25, -0.2) is 9.37 Å². The summed E-state index contributed by atoms with van der Waals surface area (Å²) in [4.78, 5) is 30.4. The molecule has 2 amide bonds. The highest BCUT2D eigenvalue weighted by Gasteiger charge is 2.25. The number of para-hydroxylation sites is 2. The highest BCUT2D eigenvalue weighted by Crippen LogP contribution is 2.31. The first-order valence-corrected chi connectivity index (χ1v) is 9.51. The minimum atomic E-state index is -0.313. The number of nitrogens with zero attached hydrogens (tertiary/aromatic N) is 2. The Bertz CT molecular complexity index is 1020. The molecule has 0 aliphatic carbocycles. The van der Waals surface area contributed by atoms with Gasteiger partial charge in [-0.3, -0.25) is 9.59 Å². The number of benzene rings is 2. The van der Waals surface area contributed by atoms with Crippen LogP contribution in [0.4, 0.5) is 15.2 Å². The maximum Gasteiger partial charge on any atom is 0.265 e. The summed E-state index contributed by atoms with van der Waals surface area (Å²) < 4.78 is 18.4.